The van der Waals surface area contributed by atoms with Crippen LogP contribution in [-0.4, -0.2) is 36.7 Å². The van der Waals surface area contributed by atoms with Crippen molar-refractivity contribution >= 4 is 24.0 Å². The molecule has 0 bridgehead atoms. The molecule has 0 radical (unpaired) electrons. The smallest absolute Gasteiger partial charge is 0.341 e. The fourth-order valence-corrected chi connectivity index (χ4v) is 2.17. The van der Waals surface area contributed by atoms with E-state index in [1.54, 1.807) is 18.2 Å². The van der Waals surface area contributed by atoms with Gasteiger partial charge in [0.2, 0.25) is 0 Å². The number of carbonyl (C=O) groups is 3. The zero-order valence-corrected chi connectivity index (χ0v) is 12.9. The van der Waals surface area contributed by atoms with Gasteiger partial charge in [-0.25, -0.2) is 9.59 Å². The van der Waals surface area contributed by atoms with Gasteiger partial charge < -0.3 is 19.9 Å². The van der Waals surface area contributed by atoms with Crippen molar-refractivity contribution in [3.8, 4) is 11.5 Å². The highest BCUT2D eigenvalue weighted by Crippen LogP contribution is 2.34. The second-order valence-electron chi connectivity index (χ2n) is 4.85. The van der Waals surface area contributed by atoms with Crippen LogP contribution in [0.2, 0.25) is 0 Å². The zero-order chi connectivity index (χ0) is 17.7. The van der Waals surface area contributed by atoms with E-state index in [0.717, 1.165) is 0 Å². The average molecular weight is 332 g/mol. The third-order valence-corrected chi connectivity index (χ3v) is 3.11. The maximum absolute atomic E-state index is 11.6. The number of carboxylic acid groups (broad SMARTS) is 1. The third kappa shape index (κ3) is 3.92. The fourth-order valence-electron chi connectivity index (χ4n) is 2.17. The molecule has 2 rings (SSSR count). The first-order valence-corrected chi connectivity index (χ1v) is 6.95. The minimum Gasteiger partial charge on any atom is -0.493 e. The topological polar surface area (TPSA) is 114 Å². The van der Waals surface area contributed by atoms with Gasteiger partial charge in [-0.2, -0.15) is 0 Å². The lowest BCUT2D eigenvalue weighted by atomic mass is 10.0. The van der Waals surface area contributed by atoms with Crippen LogP contribution >= 0.6 is 0 Å². The van der Waals surface area contributed by atoms with Gasteiger partial charge in [0, 0.05) is 5.56 Å². The highest BCUT2D eigenvalue weighted by molar-refractivity contribution is 6.14. The molecule has 1 aliphatic rings. The van der Waals surface area contributed by atoms with Crippen molar-refractivity contribution in [3.63, 3.8) is 0 Å². The van der Waals surface area contributed by atoms with Crippen LogP contribution in [0.15, 0.2) is 30.5 Å². The van der Waals surface area contributed by atoms with Crippen LogP contribution in [-0.2, 0) is 16.0 Å². The monoisotopic (exact) mass is 332 g/mol. The van der Waals surface area contributed by atoms with Gasteiger partial charge in [0.15, 0.2) is 18.1 Å². The average Bonchev–Trinajstić information content (AvgIpc) is 2.83. The molecule has 0 aliphatic carbocycles. The van der Waals surface area contributed by atoms with Crippen molar-refractivity contribution in [2.45, 2.75) is 6.42 Å². The summed E-state index contributed by atoms with van der Waals surface area (Å²) in [5, 5.41) is 13.3. The second-order valence-corrected chi connectivity index (χ2v) is 4.85. The summed E-state index contributed by atoms with van der Waals surface area (Å²) in [6.45, 7) is 3.14. The Morgan fingerprint density at radius 1 is 1.33 bits per heavy atom. The van der Waals surface area contributed by atoms with Crippen molar-refractivity contribution in [1.29, 1.82) is 0 Å². The van der Waals surface area contributed by atoms with E-state index < -0.39 is 24.5 Å². The van der Waals surface area contributed by atoms with E-state index in [9.17, 15) is 14.4 Å². The summed E-state index contributed by atoms with van der Waals surface area (Å²) in [5.74, 6) is -1.04. The number of allylic oxidation sites excluding steroid dienone is 1. The van der Waals surface area contributed by atoms with E-state index >= 15 is 0 Å². The van der Waals surface area contributed by atoms with E-state index in [4.69, 9.17) is 14.6 Å². The molecular formula is C16H16N2O6. The standard InChI is InChI=1S/C16H16N2O6/c1-3-4-10-5-9(6-11-15(21)18-16(22)17-11)7-12(23-2)14(10)24-8-13(19)20/h3,5-7H,1,4,8H2,2H3,(H,19,20)(H2,17,18,21,22)/b11-6+. The molecule has 1 aromatic rings. The van der Waals surface area contributed by atoms with Gasteiger partial charge in [-0.3, -0.25) is 10.1 Å². The molecule has 1 heterocycles. The van der Waals surface area contributed by atoms with E-state index in [2.05, 4.69) is 17.2 Å². The van der Waals surface area contributed by atoms with E-state index in [1.807, 2.05) is 0 Å². The quantitative estimate of drug-likeness (QED) is 0.391. The fraction of sp³-hybridized carbons (Fsp3) is 0.188. The maximum Gasteiger partial charge on any atom is 0.341 e. The van der Waals surface area contributed by atoms with E-state index in [1.165, 1.54) is 13.2 Å². The van der Waals surface area contributed by atoms with Gasteiger partial charge in [-0.1, -0.05) is 6.08 Å². The molecule has 3 amide bonds. The lowest BCUT2D eigenvalue weighted by Crippen LogP contribution is -2.22. The summed E-state index contributed by atoms with van der Waals surface area (Å²) >= 11 is 0. The largest absolute Gasteiger partial charge is 0.493 e. The Bertz CT molecular complexity index is 738. The predicted octanol–water partition coefficient (Wildman–Crippen LogP) is 1.07. The Morgan fingerprint density at radius 2 is 2.08 bits per heavy atom. The summed E-state index contributed by atoms with van der Waals surface area (Å²) < 4.78 is 10.5. The Morgan fingerprint density at radius 3 is 2.62 bits per heavy atom. The Labute approximate surface area is 137 Å². The lowest BCUT2D eigenvalue weighted by molar-refractivity contribution is -0.139. The number of hydrogen-bond donors (Lipinski definition) is 3. The number of carbonyl (C=O) groups excluding carboxylic acids is 2. The van der Waals surface area contributed by atoms with Crippen LogP contribution in [0.25, 0.3) is 6.08 Å². The summed E-state index contributed by atoms with van der Waals surface area (Å²) in [7, 11) is 1.42. The normalized spacial score (nSPS) is 15.0. The zero-order valence-electron chi connectivity index (χ0n) is 12.9. The van der Waals surface area contributed by atoms with E-state index in [-0.39, 0.29) is 5.70 Å². The Hall–Kier alpha value is -3.29. The molecule has 0 saturated carbocycles. The molecule has 8 heteroatoms. The molecule has 1 fully saturated rings. The SMILES string of the molecule is C=CCc1cc(/C=C2/NC(=O)NC2=O)cc(OC)c1OCC(=O)O. The maximum atomic E-state index is 11.6. The number of amides is 3. The van der Waals surface area contributed by atoms with Crippen LogP contribution in [0.5, 0.6) is 11.5 Å². The molecule has 0 unspecified atom stereocenters. The molecule has 1 saturated heterocycles. The number of hydrogen-bond acceptors (Lipinski definition) is 5. The number of rotatable bonds is 7. The van der Waals surface area contributed by atoms with Crippen LogP contribution < -0.4 is 20.1 Å². The van der Waals surface area contributed by atoms with Crippen molar-refractivity contribution in [2.24, 2.45) is 0 Å². The first kappa shape index (κ1) is 17.1. The number of ether oxygens (including phenoxy) is 2. The molecule has 8 nitrogen and oxygen atoms in total. The van der Waals surface area contributed by atoms with Crippen molar-refractivity contribution < 1.29 is 29.0 Å². The summed E-state index contributed by atoms with van der Waals surface area (Å²) in [6, 6.07) is 2.69. The summed E-state index contributed by atoms with van der Waals surface area (Å²) in [5.41, 5.74) is 1.33. The van der Waals surface area contributed by atoms with Gasteiger partial charge in [0.05, 0.1) is 7.11 Å². The summed E-state index contributed by atoms with van der Waals surface area (Å²) in [6.07, 6.45) is 3.51. The molecule has 0 spiro atoms. The number of carboxylic acids is 1. The number of nitrogens with one attached hydrogen (secondary N) is 2. The Balaban J connectivity index is 2.43. The predicted molar refractivity (Wildman–Crippen MR) is 84.7 cm³/mol. The number of aliphatic carboxylic acids is 1. The molecule has 126 valence electrons. The Kier molecular flexibility index (Phi) is 5.20. The molecule has 24 heavy (non-hydrogen) atoms. The van der Waals surface area contributed by atoms with E-state index in [0.29, 0.717) is 29.0 Å². The highest BCUT2D eigenvalue weighted by Gasteiger charge is 2.23. The minimum absolute atomic E-state index is 0.103. The lowest BCUT2D eigenvalue weighted by Gasteiger charge is -2.14. The molecule has 3 N–H and O–H groups in total. The van der Waals surface area contributed by atoms with Gasteiger partial charge >= 0.3 is 12.0 Å². The molecule has 0 atom stereocenters. The van der Waals surface area contributed by atoms with Gasteiger partial charge in [0.1, 0.15) is 5.70 Å². The number of imide groups is 1. The minimum atomic E-state index is -1.11. The molecule has 0 aromatic heterocycles. The first-order chi connectivity index (χ1) is 11.4. The summed E-state index contributed by atoms with van der Waals surface area (Å²) in [4.78, 5) is 33.5. The first-order valence-electron chi connectivity index (χ1n) is 6.95. The second kappa shape index (κ2) is 7.32. The van der Waals surface area contributed by atoms with Crippen molar-refractivity contribution in [1.82, 2.24) is 10.6 Å². The van der Waals surface area contributed by atoms with Crippen LogP contribution in [0.1, 0.15) is 11.1 Å². The highest BCUT2D eigenvalue weighted by atomic mass is 16.5. The van der Waals surface area contributed by atoms with Gasteiger partial charge in [-0.05, 0) is 30.2 Å². The third-order valence-electron chi connectivity index (χ3n) is 3.11. The number of benzene rings is 1. The molecular weight excluding hydrogens is 316 g/mol. The molecule has 1 aromatic carbocycles. The van der Waals surface area contributed by atoms with Crippen molar-refractivity contribution in [3.05, 3.63) is 41.6 Å². The van der Waals surface area contributed by atoms with Crippen LogP contribution in [0.4, 0.5) is 4.79 Å². The molecule has 1 aliphatic heterocycles. The van der Waals surface area contributed by atoms with Crippen molar-refractivity contribution in [2.75, 3.05) is 13.7 Å². The number of urea groups is 1. The van der Waals surface area contributed by atoms with Gasteiger partial charge in [0.25, 0.3) is 5.91 Å². The van der Waals surface area contributed by atoms with Gasteiger partial charge in [-0.15, -0.1) is 6.58 Å². The number of methoxy groups -OCH3 is 1. The van der Waals surface area contributed by atoms with Crippen LogP contribution in [0, 0.1) is 0 Å². The van der Waals surface area contributed by atoms with Crippen LogP contribution in [0.3, 0.4) is 0 Å².